The van der Waals surface area contributed by atoms with Gasteiger partial charge < -0.3 is 5.32 Å². The van der Waals surface area contributed by atoms with Crippen LogP contribution in [-0.2, 0) is 4.79 Å². The molecule has 0 unspecified atom stereocenters. The SMILES string of the molecule is O=C1NC(=N[C@@H]2C[C@@H]3CC[C@@H]2C3)SC12CCCCC2. The summed E-state index contributed by atoms with van der Waals surface area (Å²) in [6.45, 7) is 0. The van der Waals surface area contributed by atoms with Gasteiger partial charge in [0.25, 0.3) is 0 Å². The minimum Gasteiger partial charge on any atom is -0.304 e. The van der Waals surface area contributed by atoms with Gasteiger partial charge in [0.1, 0.15) is 4.75 Å². The van der Waals surface area contributed by atoms with Gasteiger partial charge in [0.15, 0.2) is 5.17 Å². The molecule has 1 spiro atoms. The van der Waals surface area contributed by atoms with Crippen LogP contribution in [-0.4, -0.2) is 21.9 Å². The van der Waals surface area contributed by atoms with Crippen LogP contribution in [0.1, 0.15) is 57.8 Å². The topological polar surface area (TPSA) is 41.5 Å². The lowest BCUT2D eigenvalue weighted by Gasteiger charge is -2.28. The summed E-state index contributed by atoms with van der Waals surface area (Å²) in [4.78, 5) is 17.2. The number of carbonyl (C=O) groups is 1. The maximum atomic E-state index is 12.3. The zero-order valence-corrected chi connectivity index (χ0v) is 12.2. The fourth-order valence-electron chi connectivity index (χ4n) is 4.50. The average molecular weight is 278 g/mol. The Kier molecular flexibility index (Phi) is 2.90. The number of thioether (sulfide) groups is 1. The first-order valence-corrected chi connectivity index (χ1v) is 8.65. The second kappa shape index (κ2) is 4.51. The van der Waals surface area contributed by atoms with Gasteiger partial charge in [0, 0.05) is 0 Å². The smallest absolute Gasteiger partial charge is 0.242 e. The van der Waals surface area contributed by atoms with E-state index in [2.05, 4.69) is 5.32 Å². The molecule has 19 heavy (non-hydrogen) atoms. The van der Waals surface area contributed by atoms with Crippen molar-refractivity contribution in [2.75, 3.05) is 0 Å². The van der Waals surface area contributed by atoms with Gasteiger partial charge in [-0.3, -0.25) is 9.79 Å². The van der Waals surface area contributed by atoms with Gasteiger partial charge in [-0.25, -0.2) is 0 Å². The summed E-state index contributed by atoms with van der Waals surface area (Å²) in [5, 5.41) is 4.01. The molecule has 3 aliphatic carbocycles. The molecule has 1 aliphatic heterocycles. The molecule has 0 aromatic rings. The zero-order valence-electron chi connectivity index (χ0n) is 11.4. The Labute approximate surface area is 119 Å². The Balaban J connectivity index is 1.50. The predicted molar refractivity (Wildman–Crippen MR) is 78.2 cm³/mol. The van der Waals surface area contributed by atoms with Gasteiger partial charge >= 0.3 is 0 Å². The highest BCUT2D eigenvalue weighted by Crippen LogP contribution is 2.48. The minimum absolute atomic E-state index is 0.158. The third-order valence-corrected chi connectivity index (χ3v) is 6.96. The molecule has 4 heteroatoms. The van der Waals surface area contributed by atoms with Crippen LogP contribution < -0.4 is 5.32 Å². The minimum atomic E-state index is -0.158. The quantitative estimate of drug-likeness (QED) is 0.801. The molecule has 4 aliphatic rings. The molecular formula is C15H22N2OS. The van der Waals surface area contributed by atoms with E-state index in [1.54, 1.807) is 11.8 Å². The molecule has 4 rings (SSSR count). The van der Waals surface area contributed by atoms with Crippen molar-refractivity contribution in [3.8, 4) is 0 Å². The highest BCUT2D eigenvalue weighted by molar-refractivity contribution is 8.16. The number of amides is 1. The van der Waals surface area contributed by atoms with E-state index in [0.717, 1.165) is 29.8 Å². The van der Waals surface area contributed by atoms with Gasteiger partial charge in [0.2, 0.25) is 5.91 Å². The Bertz CT molecular complexity index is 428. The molecule has 1 N–H and O–H groups in total. The predicted octanol–water partition coefficient (Wildman–Crippen LogP) is 3.10. The summed E-state index contributed by atoms with van der Waals surface area (Å²) in [6, 6.07) is 0.500. The molecule has 1 saturated heterocycles. The van der Waals surface area contributed by atoms with E-state index in [4.69, 9.17) is 4.99 Å². The molecule has 3 nitrogen and oxygen atoms in total. The van der Waals surface area contributed by atoms with Gasteiger partial charge in [-0.05, 0) is 43.9 Å². The summed E-state index contributed by atoms with van der Waals surface area (Å²) in [5.74, 6) is 1.96. The van der Waals surface area contributed by atoms with Gasteiger partial charge in [-0.1, -0.05) is 37.4 Å². The first-order valence-electron chi connectivity index (χ1n) is 7.83. The third kappa shape index (κ3) is 2.03. The Morgan fingerprint density at radius 1 is 1.16 bits per heavy atom. The van der Waals surface area contributed by atoms with Crippen LogP contribution in [0.3, 0.4) is 0 Å². The van der Waals surface area contributed by atoms with Crippen LogP contribution in [0.25, 0.3) is 0 Å². The van der Waals surface area contributed by atoms with Crippen molar-refractivity contribution in [3.05, 3.63) is 0 Å². The van der Waals surface area contributed by atoms with E-state index >= 15 is 0 Å². The number of aliphatic imine (C=N–C) groups is 1. The lowest BCUT2D eigenvalue weighted by atomic mass is 9.88. The third-order valence-electron chi connectivity index (χ3n) is 5.57. The van der Waals surface area contributed by atoms with Crippen molar-refractivity contribution < 1.29 is 4.79 Å². The van der Waals surface area contributed by atoms with Crippen LogP contribution in [0.2, 0.25) is 0 Å². The van der Waals surface area contributed by atoms with Gasteiger partial charge in [0.05, 0.1) is 6.04 Å². The van der Waals surface area contributed by atoms with E-state index < -0.39 is 0 Å². The van der Waals surface area contributed by atoms with Crippen LogP contribution in [0.15, 0.2) is 4.99 Å². The summed E-state index contributed by atoms with van der Waals surface area (Å²) in [7, 11) is 0. The summed E-state index contributed by atoms with van der Waals surface area (Å²) in [6.07, 6.45) is 11.2. The summed E-state index contributed by atoms with van der Waals surface area (Å²) < 4.78 is -0.158. The Morgan fingerprint density at radius 3 is 2.68 bits per heavy atom. The molecule has 2 bridgehead atoms. The normalized spacial score (nSPS) is 42.2. The van der Waals surface area contributed by atoms with Crippen molar-refractivity contribution in [2.45, 2.75) is 68.6 Å². The molecule has 1 amide bonds. The monoisotopic (exact) mass is 278 g/mol. The molecular weight excluding hydrogens is 256 g/mol. The molecule has 0 aromatic heterocycles. The highest BCUT2D eigenvalue weighted by Gasteiger charge is 2.48. The fourth-order valence-corrected chi connectivity index (χ4v) is 5.84. The first-order chi connectivity index (χ1) is 9.25. The zero-order chi connectivity index (χ0) is 12.9. The lowest BCUT2D eigenvalue weighted by Crippen LogP contribution is -2.38. The van der Waals surface area contributed by atoms with E-state index in [1.165, 1.54) is 44.9 Å². The maximum Gasteiger partial charge on any atom is 0.242 e. The lowest BCUT2D eigenvalue weighted by molar-refractivity contribution is -0.122. The number of rotatable bonds is 1. The molecule has 3 saturated carbocycles. The second-order valence-electron chi connectivity index (χ2n) is 6.79. The highest BCUT2D eigenvalue weighted by atomic mass is 32.2. The number of carbonyl (C=O) groups excluding carboxylic acids is 1. The second-order valence-corrected chi connectivity index (χ2v) is 8.16. The maximum absolute atomic E-state index is 12.3. The van der Waals surface area contributed by atoms with Crippen LogP contribution in [0.5, 0.6) is 0 Å². The molecule has 4 fully saturated rings. The van der Waals surface area contributed by atoms with Crippen molar-refractivity contribution in [1.82, 2.24) is 5.32 Å². The molecule has 0 aromatic carbocycles. The number of hydrogen-bond donors (Lipinski definition) is 1. The van der Waals surface area contributed by atoms with Crippen molar-refractivity contribution in [1.29, 1.82) is 0 Å². The number of nitrogens with one attached hydrogen (secondary N) is 1. The first kappa shape index (κ1) is 12.2. The van der Waals surface area contributed by atoms with Crippen LogP contribution in [0.4, 0.5) is 0 Å². The van der Waals surface area contributed by atoms with E-state index in [0.29, 0.717) is 6.04 Å². The summed E-state index contributed by atoms with van der Waals surface area (Å²) in [5.41, 5.74) is 0. The van der Waals surface area contributed by atoms with E-state index in [-0.39, 0.29) is 10.7 Å². The largest absolute Gasteiger partial charge is 0.304 e. The number of hydrogen-bond acceptors (Lipinski definition) is 3. The molecule has 1 heterocycles. The molecule has 0 radical (unpaired) electrons. The van der Waals surface area contributed by atoms with Crippen molar-refractivity contribution >= 4 is 22.8 Å². The molecule has 104 valence electrons. The number of fused-ring (bicyclic) bond motifs is 2. The average Bonchev–Trinajstić information content (AvgIpc) is 3.08. The van der Waals surface area contributed by atoms with E-state index in [9.17, 15) is 4.79 Å². The van der Waals surface area contributed by atoms with Crippen LogP contribution >= 0.6 is 11.8 Å². The van der Waals surface area contributed by atoms with Crippen LogP contribution in [0, 0.1) is 11.8 Å². The standard InChI is InChI=1S/C15H22N2OS/c18-13-15(6-2-1-3-7-15)19-14(17-13)16-12-9-10-4-5-11(12)8-10/h10-12H,1-9H2,(H,16,17,18)/t10-,11-,12-/m1/s1. The number of nitrogens with zero attached hydrogens (tertiary/aromatic N) is 1. The number of amidine groups is 1. The van der Waals surface area contributed by atoms with E-state index in [1.807, 2.05) is 0 Å². The fraction of sp³-hybridized carbons (Fsp3) is 0.867. The van der Waals surface area contributed by atoms with Crippen molar-refractivity contribution in [3.63, 3.8) is 0 Å². The Hall–Kier alpha value is -0.510. The van der Waals surface area contributed by atoms with Crippen molar-refractivity contribution in [2.24, 2.45) is 16.8 Å². The summed E-state index contributed by atoms with van der Waals surface area (Å²) >= 11 is 1.75. The van der Waals surface area contributed by atoms with Gasteiger partial charge in [-0.2, -0.15) is 0 Å². The molecule has 3 atom stereocenters. The van der Waals surface area contributed by atoms with Gasteiger partial charge in [-0.15, -0.1) is 0 Å². The Morgan fingerprint density at radius 2 is 2.00 bits per heavy atom.